The second-order valence-corrected chi connectivity index (χ2v) is 7.61. The smallest absolute Gasteiger partial charge is 0.178 e. The highest BCUT2D eigenvalue weighted by atomic mass is 32.2. The van der Waals surface area contributed by atoms with Gasteiger partial charge in [0.05, 0.1) is 10.6 Å². The summed E-state index contributed by atoms with van der Waals surface area (Å²) in [6.07, 6.45) is 0. The van der Waals surface area contributed by atoms with Gasteiger partial charge in [-0.3, -0.25) is 0 Å². The van der Waals surface area contributed by atoms with Gasteiger partial charge in [-0.15, -0.1) is 0 Å². The molecule has 1 unspecified atom stereocenters. The van der Waals surface area contributed by atoms with E-state index in [1.54, 1.807) is 31.2 Å². The van der Waals surface area contributed by atoms with Crippen LogP contribution < -0.4 is 11.1 Å². The predicted molar refractivity (Wildman–Crippen MR) is 80.1 cm³/mol. The molecule has 0 heterocycles. The summed E-state index contributed by atoms with van der Waals surface area (Å²) in [7, 11) is -3.13. The van der Waals surface area contributed by atoms with Crippen LogP contribution in [0.2, 0.25) is 0 Å². The summed E-state index contributed by atoms with van der Waals surface area (Å²) < 4.78 is 23.4. The van der Waals surface area contributed by atoms with Crippen molar-refractivity contribution in [2.24, 2.45) is 11.7 Å². The Morgan fingerprint density at radius 1 is 1.26 bits per heavy atom. The Hall–Kier alpha value is -1.07. The molecule has 0 radical (unpaired) electrons. The second-order valence-electron chi connectivity index (χ2n) is 5.33. The third-order valence-corrected chi connectivity index (χ3v) is 5.47. The Labute approximate surface area is 116 Å². The van der Waals surface area contributed by atoms with E-state index in [-0.39, 0.29) is 11.3 Å². The summed E-state index contributed by atoms with van der Waals surface area (Å²) in [5.74, 6) is 0.489. The molecular weight excluding hydrogens is 260 g/mol. The number of sulfone groups is 1. The van der Waals surface area contributed by atoms with Crippen LogP contribution in [0.15, 0.2) is 29.2 Å². The van der Waals surface area contributed by atoms with E-state index in [1.165, 1.54) is 0 Å². The summed E-state index contributed by atoms with van der Waals surface area (Å²) in [6.45, 7) is 8.44. The molecule has 0 aliphatic carbocycles. The lowest BCUT2D eigenvalue weighted by Crippen LogP contribution is -2.47. The van der Waals surface area contributed by atoms with Crippen molar-refractivity contribution in [2.45, 2.75) is 38.1 Å². The maximum Gasteiger partial charge on any atom is 0.178 e. The van der Waals surface area contributed by atoms with Gasteiger partial charge in [0.15, 0.2) is 9.84 Å². The van der Waals surface area contributed by atoms with Crippen LogP contribution in [0, 0.1) is 5.92 Å². The molecule has 1 atom stereocenters. The van der Waals surface area contributed by atoms with Crippen LogP contribution in [-0.4, -0.2) is 26.3 Å². The van der Waals surface area contributed by atoms with Crippen LogP contribution >= 0.6 is 0 Å². The molecule has 0 spiro atoms. The van der Waals surface area contributed by atoms with Crippen molar-refractivity contribution >= 4 is 15.5 Å². The Morgan fingerprint density at radius 2 is 1.79 bits per heavy atom. The minimum Gasteiger partial charge on any atom is -0.378 e. The van der Waals surface area contributed by atoms with Crippen molar-refractivity contribution < 1.29 is 8.42 Å². The van der Waals surface area contributed by atoms with E-state index in [2.05, 4.69) is 26.1 Å². The zero-order chi connectivity index (χ0) is 14.7. The molecule has 1 rings (SSSR count). The van der Waals surface area contributed by atoms with Crippen LogP contribution in [0.1, 0.15) is 27.7 Å². The average molecular weight is 284 g/mol. The fraction of sp³-hybridized carbons (Fsp3) is 0.571. The zero-order valence-electron chi connectivity index (χ0n) is 12.1. The maximum atomic E-state index is 11.7. The zero-order valence-corrected chi connectivity index (χ0v) is 12.9. The van der Waals surface area contributed by atoms with Crippen LogP contribution in [-0.2, 0) is 9.84 Å². The van der Waals surface area contributed by atoms with Crippen molar-refractivity contribution in [1.82, 2.24) is 0 Å². The highest BCUT2D eigenvalue weighted by molar-refractivity contribution is 7.91. The Kier molecular flexibility index (Phi) is 4.98. The van der Waals surface area contributed by atoms with Gasteiger partial charge < -0.3 is 11.1 Å². The van der Waals surface area contributed by atoms with Crippen LogP contribution in [0.5, 0.6) is 0 Å². The highest BCUT2D eigenvalue weighted by Gasteiger charge is 2.26. The SMILES string of the molecule is CCS(=O)(=O)c1ccc(NC(C)(CN)C(C)C)cc1. The fourth-order valence-corrected chi connectivity index (χ4v) is 2.56. The van der Waals surface area contributed by atoms with Gasteiger partial charge >= 0.3 is 0 Å². The number of nitrogens with two attached hydrogens (primary N) is 1. The first kappa shape index (κ1) is 16.0. The number of benzene rings is 1. The normalized spacial score (nSPS) is 15.3. The van der Waals surface area contributed by atoms with Crippen LogP contribution in [0.4, 0.5) is 5.69 Å². The molecule has 1 aromatic carbocycles. The number of hydrogen-bond acceptors (Lipinski definition) is 4. The first-order valence-electron chi connectivity index (χ1n) is 6.56. The average Bonchev–Trinajstić information content (AvgIpc) is 2.39. The van der Waals surface area contributed by atoms with Gasteiger partial charge in [0, 0.05) is 17.8 Å². The minimum atomic E-state index is -3.13. The molecule has 0 saturated heterocycles. The molecule has 4 nitrogen and oxygen atoms in total. The number of nitrogens with one attached hydrogen (secondary N) is 1. The molecule has 3 N–H and O–H groups in total. The van der Waals surface area contributed by atoms with Crippen LogP contribution in [0.3, 0.4) is 0 Å². The van der Waals surface area contributed by atoms with Crippen LogP contribution in [0.25, 0.3) is 0 Å². The molecule has 0 fully saturated rings. The van der Waals surface area contributed by atoms with Crippen molar-refractivity contribution in [2.75, 3.05) is 17.6 Å². The molecular formula is C14H24N2O2S. The lowest BCUT2D eigenvalue weighted by molar-refractivity contribution is 0.382. The molecule has 5 heteroatoms. The Balaban J connectivity index is 2.95. The van der Waals surface area contributed by atoms with E-state index in [1.807, 2.05) is 0 Å². The second kappa shape index (κ2) is 5.92. The van der Waals surface area contributed by atoms with Gasteiger partial charge in [-0.1, -0.05) is 20.8 Å². The van der Waals surface area contributed by atoms with Gasteiger partial charge in [-0.2, -0.15) is 0 Å². The Bertz CT molecular complexity index is 509. The highest BCUT2D eigenvalue weighted by Crippen LogP contribution is 2.23. The summed E-state index contributed by atoms with van der Waals surface area (Å²) in [4.78, 5) is 0.361. The molecule has 0 aliphatic heterocycles. The summed E-state index contributed by atoms with van der Waals surface area (Å²) >= 11 is 0. The summed E-state index contributed by atoms with van der Waals surface area (Å²) in [5, 5.41) is 3.38. The molecule has 19 heavy (non-hydrogen) atoms. The van der Waals surface area contributed by atoms with Gasteiger partial charge in [-0.25, -0.2) is 8.42 Å². The van der Waals surface area contributed by atoms with E-state index in [4.69, 9.17) is 5.73 Å². The number of rotatable bonds is 6. The Morgan fingerprint density at radius 3 is 2.16 bits per heavy atom. The topological polar surface area (TPSA) is 72.2 Å². The largest absolute Gasteiger partial charge is 0.378 e. The van der Waals surface area contributed by atoms with E-state index in [0.717, 1.165) is 5.69 Å². The van der Waals surface area contributed by atoms with Crippen molar-refractivity contribution in [3.05, 3.63) is 24.3 Å². The third kappa shape index (κ3) is 3.70. The fourth-order valence-electron chi connectivity index (χ4n) is 1.67. The van der Waals surface area contributed by atoms with Crippen molar-refractivity contribution in [1.29, 1.82) is 0 Å². The quantitative estimate of drug-likeness (QED) is 0.840. The molecule has 0 amide bonds. The van der Waals surface area contributed by atoms with Gasteiger partial charge in [0.1, 0.15) is 0 Å². The van der Waals surface area contributed by atoms with Crippen molar-refractivity contribution in [3.63, 3.8) is 0 Å². The lowest BCUT2D eigenvalue weighted by atomic mass is 9.88. The minimum absolute atomic E-state index is 0.117. The summed E-state index contributed by atoms with van der Waals surface area (Å²) in [5.41, 5.74) is 6.50. The van der Waals surface area contributed by atoms with Gasteiger partial charge in [-0.05, 0) is 37.1 Å². The van der Waals surface area contributed by atoms with Gasteiger partial charge in [0.2, 0.25) is 0 Å². The third-order valence-electron chi connectivity index (χ3n) is 3.72. The van der Waals surface area contributed by atoms with E-state index >= 15 is 0 Å². The molecule has 0 bridgehead atoms. The first-order valence-corrected chi connectivity index (χ1v) is 8.21. The monoisotopic (exact) mass is 284 g/mol. The molecule has 1 aromatic rings. The lowest BCUT2D eigenvalue weighted by Gasteiger charge is -2.34. The maximum absolute atomic E-state index is 11.7. The van der Waals surface area contributed by atoms with E-state index in [9.17, 15) is 8.42 Å². The number of anilines is 1. The molecule has 0 aromatic heterocycles. The molecule has 0 saturated carbocycles. The van der Waals surface area contributed by atoms with Gasteiger partial charge in [0.25, 0.3) is 0 Å². The number of hydrogen-bond donors (Lipinski definition) is 2. The standard InChI is InChI=1S/C14H24N2O2S/c1-5-19(17,18)13-8-6-12(7-9-13)16-14(4,10-15)11(2)3/h6-9,11,16H,5,10,15H2,1-4H3. The predicted octanol–water partition coefficient (Wildman–Crippen LogP) is 2.27. The van der Waals surface area contributed by atoms with Crippen molar-refractivity contribution in [3.8, 4) is 0 Å². The first-order chi connectivity index (χ1) is 8.75. The molecule has 108 valence electrons. The van der Waals surface area contributed by atoms with E-state index < -0.39 is 9.84 Å². The summed E-state index contributed by atoms with van der Waals surface area (Å²) in [6, 6.07) is 6.86. The molecule has 0 aliphatic rings. The van der Waals surface area contributed by atoms with E-state index in [0.29, 0.717) is 17.4 Å².